The highest BCUT2D eigenvalue weighted by molar-refractivity contribution is 5.86. The Balaban J connectivity index is 4.48. The first-order chi connectivity index (χ1) is 5.49. The number of rotatable bonds is 3. The molecule has 0 aromatic rings. The van der Waals surface area contributed by atoms with E-state index < -0.39 is 5.97 Å². The van der Waals surface area contributed by atoms with Crippen molar-refractivity contribution in [2.45, 2.75) is 34.1 Å². The second-order valence-corrected chi connectivity index (χ2v) is 3.02. The molecular formula is C10H16O2. The van der Waals surface area contributed by atoms with E-state index in [2.05, 4.69) is 0 Å². The topological polar surface area (TPSA) is 37.3 Å². The lowest BCUT2D eigenvalue weighted by atomic mass is 10.0. The minimum Gasteiger partial charge on any atom is -0.478 e. The van der Waals surface area contributed by atoms with Gasteiger partial charge in [0.25, 0.3) is 0 Å². The number of aliphatic carboxylic acids is 1. The van der Waals surface area contributed by atoms with Gasteiger partial charge in [-0.1, -0.05) is 17.2 Å². The molecule has 0 bridgehead atoms. The Hall–Kier alpha value is -1.05. The van der Waals surface area contributed by atoms with E-state index >= 15 is 0 Å². The van der Waals surface area contributed by atoms with E-state index in [0.717, 1.165) is 12.0 Å². The molecule has 0 aliphatic carbocycles. The van der Waals surface area contributed by atoms with E-state index in [9.17, 15) is 4.79 Å². The van der Waals surface area contributed by atoms with Crippen molar-refractivity contribution in [3.05, 3.63) is 22.8 Å². The van der Waals surface area contributed by atoms with Crippen molar-refractivity contribution >= 4 is 5.97 Å². The van der Waals surface area contributed by atoms with Crippen LogP contribution in [0.1, 0.15) is 34.1 Å². The molecule has 0 aromatic heterocycles. The fourth-order valence-electron chi connectivity index (χ4n) is 0.835. The standard InChI is InChI=1S/C10H16O2/c1-5-7(2)6-8(3)9(4)10(11)12/h5H,6H2,1-4H3,(H,11,12)/b7-5?,9-8-. The van der Waals surface area contributed by atoms with Gasteiger partial charge in [0.2, 0.25) is 0 Å². The van der Waals surface area contributed by atoms with Crippen LogP contribution in [0, 0.1) is 0 Å². The van der Waals surface area contributed by atoms with Crippen molar-refractivity contribution in [2.75, 3.05) is 0 Å². The predicted molar refractivity (Wildman–Crippen MR) is 50.1 cm³/mol. The first-order valence-corrected chi connectivity index (χ1v) is 4.00. The summed E-state index contributed by atoms with van der Waals surface area (Å²) in [5.41, 5.74) is 2.59. The van der Waals surface area contributed by atoms with Gasteiger partial charge >= 0.3 is 5.97 Å². The molecule has 0 heterocycles. The zero-order chi connectivity index (χ0) is 9.72. The first-order valence-electron chi connectivity index (χ1n) is 4.00. The minimum absolute atomic E-state index is 0.455. The molecule has 0 unspecified atom stereocenters. The van der Waals surface area contributed by atoms with Crippen LogP contribution in [0.4, 0.5) is 0 Å². The van der Waals surface area contributed by atoms with Crippen LogP contribution in [-0.2, 0) is 4.79 Å². The van der Waals surface area contributed by atoms with Crippen molar-refractivity contribution in [2.24, 2.45) is 0 Å². The van der Waals surface area contributed by atoms with Gasteiger partial charge in [-0.25, -0.2) is 4.79 Å². The summed E-state index contributed by atoms with van der Waals surface area (Å²) in [6.45, 7) is 7.45. The quantitative estimate of drug-likeness (QED) is 0.519. The maximum Gasteiger partial charge on any atom is 0.331 e. The van der Waals surface area contributed by atoms with Crippen molar-refractivity contribution in [1.82, 2.24) is 0 Å². The maximum absolute atomic E-state index is 10.5. The summed E-state index contributed by atoms with van der Waals surface area (Å²) < 4.78 is 0. The van der Waals surface area contributed by atoms with E-state index in [1.807, 2.05) is 26.8 Å². The van der Waals surface area contributed by atoms with Crippen LogP contribution < -0.4 is 0 Å². The molecule has 0 spiro atoms. The van der Waals surface area contributed by atoms with Crippen LogP contribution in [0.5, 0.6) is 0 Å². The van der Waals surface area contributed by atoms with Crippen molar-refractivity contribution in [3.63, 3.8) is 0 Å². The highest BCUT2D eigenvalue weighted by Gasteiger charge is 2.04. The zero-order valence-electron chi connectivity index (χ0n) is 8.14. The number of hydrogen-bond donors (Lipinski definition) is 1. The molecule has 0 atom stereocenters. The highest BCUT2D eigenvalue weighted by Crippen LogP contribution is 2.13. The molecule has 0 saturated heterocycles. The molecule has 0 aromatic carbocycles. The number of allylic oxidation sites excluding steroid dienone is 3. The molecule has 2 heteroatoms. The van der Waals surface area contributed by atoms with E-state index in [4.69, 9.17) is 5.11 Å². The lowest BCUT2D eigenvalue weighted by molar-refractivity contribution is -0.132. The van der Waals surface area contributed by atoms with Gasteiger partial charge < -0.3 is 5.11 Å². The lowest BCUT2D eigenvalue weighted by Crippen LogP contribution is -1.99. The van der Waals surface area contributed by atoms with Gasteiger partial charge in [0.15, 0.2) is 0 Å². The molecular weight excluding hydrogens is 152 g/mol. The maximum atomic E-state index is 10.5. The Labute approximate surface area is 73.6 Å². The van der Waals surface area contributed by atoms with Crippen LogP contribution in [0.25, 0.3) is 0 Å². The molecule has 0 aliphatic rings. The number of carboxylic acid groups (broad SMARTS) is 1. The van der Waals surface area contributed by atoms with E-state index in [-0.39, 0.29) is 0 Å². The summed E-state index contributed by atoms with van der Waals surface area (Å²) in [5.74, 6) is -0.823. The Morgan fingerprint density at radius 2 is 1.83 bits per heavy atom. The number of hydrogen-bond acceptors (Lipinski definition) is 1. The first kappa shape index (κ1) is 11.0. The monoisotopic (exact) mass is 168 g/mol. The lowest BCUT2D eigenvalue weighted by Gasteiger charge is -2.03. The molecule has 1 N–H and O–H groups in total. The third-order valence-corrected chi connectivity index (χ3v) is 2.00. The average molecular weight is 168 g/mol. The van der Waals surface area contributed by atoms with Gasteiger partial charge in [-0.3, -0.25) is 0 Å². The SMILES string of the molecule is CC=C(C)C/C(C)=C(/C)C(=O)O. The molecule has 0 radical (unpaired) electrons. The van der Waals surface area contributed by atoms with Gasteiger partial charge in [0.1, 0.15) is 0 Å². The Kier molecular flexibility index (Phi) is 4.34. The summed E-state index contributed by atoms with van der Waals surface area (Å²) >= 11 is 0. The third kappa shape index (κ3) is 3.37. The van der Waals surface area contributed by atoms with Crippen LogP contribution in [0.3, 0.4) is 0 Å². The van der Waals surface area contributed by atoms with E-state index in [0.29, 0.717) is 5.57 Å². The Bertz CT molecular complexity index is 234. The second-order valence-electron chi connectivity index (χ2n) is 3.02. The zero-order valence-corrected chi connectivity index (χ0v) is 8.14. The summed E-state index contributed by atoms with van der Waals surface area (Å²) in [4.78, 5) is 10.5. The molecule has 12 heavy (non-hydrogen) atoms. The van der Waals surface area contributed by atoms with Gasteiger partial charge in [0.05, 0.1) is 0 Å². The highest BCUT2D eigenvalue weighted by atomic mass is 16.4. The molecule has 68 valence electrons. The summed E-state index contributed by atoms with van der Waals surface area (Å²) in [6, 6.07) is 0. The van der Waals surface area contributed by atoms with Crippen molar-refractivity contribution in [3.8, 4) is 0 Å². The van der Waals surface area contributed by atoms with Gasteiger partial charge in [0, 0.05) is 5.57 Å². The molecule has 0 saturated carbocycles. The van der Waals surface area contributed by atoms with E-state index in [1.54, 1.807) is 6.92 Å². The van der Waals surface area contributed by atoms with Crippen LogP contribution in [-0.4, -0.2) is 11.1 Å². The van der Waals surface area contributed by atoms with Gasteiger partial charge in [-0.05, 0) is 34.1 Å². The van der Waals surface area contributed by atoms with Crippen molar-refractivity contribution < 1.29 is 9.90 Å². The van der Waals surface area contributed by atoms with Crippen LogP contribution in [0.2, 0.25) is 0 Å². The second kappa shape index (κ2) is 4.75. The molecule has 2 nitrogen and oxygen atoms in total. The number of carboxylic acids is 1. The fraction of sp³-hybridized carbons (Fsp3) is 0.500. The summed E-state index contributed by atoms with van der Waals surface area (Å²) in [7, 11) is 0. The number of carbonyl (C=O) groups is 1. The molecule has 0 fully saturated rings. The van der Waals surface area contributed by atoms with Crippen LogP contribution in [0.15, 0.2) is 22.8 Å². The van der Waals surface area contributed by atoms with Gasteiger partial charge in [-0.15, -0.1) is 0 Å². The minimum atomic E-state index is -0.823. The largest absolute Gasteiger partial charge is 0.478 e. The average Bonchev–Trinajstić information content (AvgIpc) is 2.02. The predicted octanol–water partition coefficient (Wildman–Crippen LogP) is 2.76. The van der Waals surface area contributed by atoms with E-state index in [1.165, 1.54) is 5.57 Å². The normalized spacial score (nSPS) is 14.2. The third-order valence-electron chi connectivity index (χ3n) is 2.00. The fourth-order valence-corrected chi connectivity index (χ4v) is 0.835. The Morgan fingerprint density at radius 3 is 2.17 bits per heavy atom. The summed E-state index contributed by atoms with van der Waals surface area (Å²) in [6.07, 6.45) is 2.76. The van der Waals surface area contributed by atoms with Crippen molar-refractivity contribution in [1.29, 1.82) is 0 Å². The van der Waals surface area contributed by atoms with Gasteiger partial charge in [-0.2, -0.15) is 0 Å². The Morgan fingerprint density at radius 1 is 1.33 bits per heavy atom. The molecule has 0 aliphatic heterocycles. The molecule has 0 amide bonds. The van der Waals surface area contributed by atoms with Crippen LogP contribution >= 0.6 is 0 Å². The molecule has 0 rings (SSSR count). The smallest absolute Gasteiger partial charge is 0.331 e. The summed E-state index contributed by atoms with van der Waals surface area (Å²) in [5, 5.41) is 8.66.